The van der Waals surface area contributed by atoms with Crippen molar-refractivity contribution in [3.05, 3.63) is 77.4 Å². The molecule has 138 valence electrons. The number of rotatable bonds is 5. The van der Waals surface area contributed by atoms with Gasteiger partial charge < -0.3 is 10.1 Å². The fourth-order valence-electron chi connectivity index (χ4n) is 3.24. The van der Waals surface area contributed by atoms with E-state index in [0.717, 1.165) is 43.1 Å². The zero-order valence-electron chi connectivity index (χ0n) is 15.2. The lowest BCUT2D eigenvalue weighted by Gasteiger charge is -2.28. The third kappa shape index (κ3) is 4.06. The van der Waals surface area contributed by atoms with E-state index in [9.17, 15) is 4.39 Å². The molecule has 0 aliphatic carbocycles. The molecule has 3 aromatic rings. The van der Waals surface area contributed by atoms with Crippen molar-refractivity contribution in [2.75, 3.05) is 19.0 Å². The number of hydrogen-bond donors (Lipinski definition) is 1. The molecule has 27 heavy (non-hydrogen) atoms. The monoisotopic (exact) mass is 364 g/mol. The average Bonchev–Trinajstić information content (AvgIpc) is 2.70. The van der Waals surface area contributed by atoms with Crippen LogP contribution in [0.5, 0.6) is 5.75 Å². The fourth-order valence-corrected chi connectivity index (χ4v) is 3.24. The van der Waals surface area contributed by atoms with Gasteiger partial charge in [-0.25, -0.2) is 14.4 Å². The van der Waals surface area contributed by atoms with Crippen molar-refractivity contribution in [1.82, 2.24) is 14.9 Å². The van der Waals surface area contributed by atoms with E-state index in [2.05, 4.69) is 32.3 Å². The second-order valence-electron chi connectivity index (χ2n) is 6.58. The van der Waals surface area contributed by atoms with Crippen molar-refractivity contribution in [3.63, 3.8) is 0 Å². The van der Waals surface area contributed by atoms with Crippen LogP contribution in [0.4, 0.5) is 16.0 Å². The minimum Gasteiger partial charge on any atom is -0.497 e. The van der Waals surface area contributed by atoms with Gasteiger partial charge in [-0.2, -0.15) is 0 Å². The van der Waals surface area contributed by atoms with Gasteiger partial charge in [0.2, 0.25) is 5.95 Å². The molecule has 0 radical (unpaired) electrons. The number of benzene rings is 2. The van der Waals surface area contributed by atoms with E-state index >= 15 is 0 Å². The summed E-state index contributed by atoms with van der Waals surface area (Å²) in [5.74, 6) is 0.984. The highest BCUT2D eigenvalue weighted by atomic mass is 19.1. The van der Waals surface area contributed by atoms with E-state index in [1.165, 1.54) is 11.6 Å². The van der Waals surface area contributed by atoms with Crippen LogP contribution in [0.3, 0.4) is 0 Å². The van der Waals surface area contributed by atoms with Gasteiger partial charge in [-0.3, -0.25) is 4.90 Å². The largest absolute Gasteiger partial charge is 0.497 e. The number of nitrogens with zero attached hydrogens (tertiary/aromatic N) is 3. The number of nitrogens with one attached hydrogen (secondary N) is 1. The number of para-hydroxylation sites is 1. The third-order valence-corrected chi connectivity index (χ3v) is 4.70. The van der Waals surface area contributed by atoms with Crippen LogP contribution in [0.15, 0.2) is 54.7 Å². The van der Waals surface area contributed by atoms with Crippen LogP contribution in [0, 0.1) is 5.82 Å². The van der Waals surface area contributed by atoms with Gasteiger partial charge in [-0.05, 0) is 29.8 Å². The van der Waals surface area contributed by atoms with Crippen molar-refractivity contribution in [1.29, 1.82) is 0 Å². The summed E-state index contributed by atoms with van der Waals surface area (Å²) < 4.78 is 19.0. The number of fused-ring (bicyclic) bond motifs is 1. The Balaban J connectivity index is 1.43. The lowest BCUT2D eigenvalue weighted by molar-refractivity contribution is 0.243. The van der Waals surface area contributed by atoms with Crippen LogP contribution >= 0.6 is 0 Å². The quantitative estimate of drug-likeness (QED) is 0.743. The van der Waals surface area contributed by atoms with Gasteiger partial charge in [0.25, 0.3) is 0 Å². The summed E-state index contributed by atoms with van der Waals surface area (Å²) in [6, 6.07) is 14.7. The predicted molar refractivity (Wildman–Crippen MR) is 103 cm³/mol. The molecule has 6 heteroatoms. The Morgan fingerprint density at radius 3 is 2.74 bits per heavy atom. The third-order valence-electron chi connectivity index (χ3n) is 4.70. The van der Waals surface area contributed by atoms with Crippen molar-refractivity contribution in [2.45, 2.75) is 19.5 Å². The van der Waals surface area contributed by atoms with Gasteiger partial charge in [0.1, 0.15) is 11.6 Å². The van der Waals surface area contributed by atoms with E-state index < -0.39 is 0 Å². The van der Waals surface area contributed by atoms with E-state index in [4.69, 9.17) is 4.74 Å². The van der Waals surface area contributed by atoms with E-state index in [0.29, 0.717) is 11.6 Å². The summed E-state index contributed by atoms with van der Waals surface area (Å²) >= 11 is 0. The predicted octanol–water partition coefficient (Wildman–Crippen LogP) is 3.93. The number of ether oxygens (including phenoxy) is 1. The normalized spacial score (nSPS) is 13.9. The summed E-state index contributed by atoms with van der Waals surface area (Å²) in [7, 11) is 1.67. The fraction of sp³-hybridized carbons (Fsp3) is 0.238. The van der Waals surface area contributed by atoms with Crippen molar-refractivity contribution in [3.8, 4) is 5.75 Å². The molecule has 5 nitrogen and oxygen atoms in total. The standard InChI is InChI=1S/C21H21FN4O/c1-27-17-8-6-15(7-9-17)13-26-11-10-19-16(14-26)12-23-21(24-19)25-20-5-3-2-4-18(20)22/h2-9,12H,10-11,13-14H2,1H3,(H,23,24,25). The van der Waals surface area contributed by atoms with Gasteiger partial charge in [-0.15, -0.1) is 0 Å². The molecule has 1 N–H and O–H groups in total. The first-order chi connectivity index (χ1) is 13.2. The molecule has 0 fully saturated rings. The molecule has 4 rings (SSSR count). The van der Waals surface area contributed by atoms with E-state index in [1.807, 2.05) is 18.3 Å². The second kappa shape index (κ2) is 7.72. The van der Waals surface area contributed by atoms with E-state index in [1.54, 1.807) is 25.3 Å². The van der Waals surface area contributed by atoms with Crippen molar-refractivity contribution < 1.29 is 9.13 Å². The van der Waals surface area contributed by atoms with Gasteiger partial charge in [-0.1, -0.05) is 24.3 Å². The summed E-state index contributed by atoms with van der Waals surface area (Å²) in [4.78, 5) is 11.3. The van der Waals surface area contributed by atoms with Crippen LogP contribution in [0.1, 0.15) is 16.8 Å². The maximum absolute atomic E-state index is 13.8. The molecular weight excluding hydrogens is 343 g/mol. The van der Waals surface area contributed by atoms with Crippen molar-refractivity contribution >= 4 is 11.6 Å². The molecule has 0 bridgehead atoms. The highest BCUT2D eigenvalue weighted by molar-refractivity contribution is 5.54. The molecule has 1 aliphatic rings. The van der Waals surface area contributed by atoms with Gasteiger partial charge in [0.05, 0.1) is 18.5 Å². The smallest absolute Gasteiger partial charge is 0.227 e. The zero-order valence-corrected chi connectivity index (χ0v) is 15.2. The summed E-state index contributed by atoms with van der Waals surface area (Å²) in [5.41, 5.74) is 3.77. The Kier molecular flexibility index (Phi) is 4.98. The van der Waals surface area contributed by atoms with Crippen LogP contribution in [0.25, 0.3) is 0 Å². The number of aromatic nitrogens is 2. The summed E-state index contributed by atoms with van der Waals surface area (Å²) in [6.45, 7) is 2.61. The topological polar surface area (TPSA) is 50.3 Å². The van der Waals surface area contributed by atoms with Gasteiger partial charge in [0, 0.05) is 37.8 Å². The lowest BCUT2D eigenvalue weighted by atomic mass is 10.1. The molecule has 0 saturated carbocycles. The Labute approximate surface area is 157 Å². The number of hydrogen-bond acceptors (Lipinski definition) is 5. The number of anilines is 2. The molecule has 1 aliphatic heterocycles. The molecule has 0 saturated heterocycles. The molecule has 0 amide bonds. The molecule has 0 unspecified atom stereocenters. The van der Waals surface area contributed by atoms with Crippen LogP contribution in [-0.2, 0) is 19.5 Å². The highest BCUT2D eigenvalue weighted by Gasteiger charge is 2.19. The Hall–Kier alpha value is -2.99. The van der Waals surface area contributed by atoms with Crippen LogP contribution < -0.4 is 10.1 Å². The molecule has 2 heterocycles. The minimum absolute atomic E-state index is 0.315. The molecule has 0 spiro atoms. The SMILES string of the molecule is COc1ccc(CN2CCc3nc(Nc4ccccc4F)ncc3C2)cc1. The lowest BCUT2D eigenvalue weighted by Crippen LogP contribution is -2.31. The van der Waals surface area contributed by atoms with Crippen molar-refractivity contribution in [2.24, 2.45) is 0 Å². The average molecular weight is 364 g/mol. The van der Waals surface area contributed by atoms with Crippen LogP contribution in [0.2, 0.25) is 0 Å². The zero-order chi connectivity index (χ0) is 18.6. The Bertz CT molecular complexity index is 930. The van der Waals surface area contributed by atoms with Crippen LogP contribution in [-0.4, -0.2) is 28.5 Å². The van der Waals surface area contributed by atoms with Gasteiger partial charge in [0.15, 0.2) is 0 Å². The van der Waals surface area contributed by atoms with Gasteiger partial charge >= 0.3 is 0 Å². The maximum Gasteiger partial charge on any atom is 0.227 e. The molecule has 0 atom stereocenters. The second-order valence-corrected chi connectivity index (χ2v) is 6.58. The minimum atomic E-state index is -0.315. The first-order valence-electron chi connectivity index (χ1n) is 8.93. The maximum atomic E-state index is 13.8. The van der Waals surface area contributed by atoms with E-state index in [-0.39, 0.29) is 5.82 Å². The summed E-state index contributed by atoms with van der Waals surface area (Å²) in [6.07, 6.45) is 2.69. The molecular formula is C21H21FN4O. The molecule has 2 aromatic carbocycles. The number of halogens is 1. The number of methoxy groups -OCH3 is 1. The Morgan fingerprint density at radius 1 is 1.15 bits per heavy atom. The first kappa shape index (κ1) is 17.4. The first-order valence-corrected chi connectivity index (χ1v) is 8.93. The molecule has 1 aromatic heterocycles. The summed E-state index contributed by atoms with van der Waals surface area (Å²) in [5, 5.41) is 2.96. The highest BCUT2D eigenvalue weighted by Crippen LogP contribution is 2.22. The Morgan fingerprint density at radius 2 is 1.96 bits per heavy atom.